The van der Waals surface area contributed by atoms with Crippen molar-refractivity contribution in [2.45, 2.75) is 45.3 Å². The van der Waals surface area contributed by atoms with Gasteiger partial charge in [0.2, 0.25) is 0 Å². The minimum Gasteiger partial charge on any atom is -0.481 e. The highest BCUT2D eigenvalue weighted by atomic mass is 19.1. The standard InChI is InChI=1S/C31H31FN2O4/c1-20(2)29-28(31(38)33-24-11-7-4-8-12-24)27(21-9-5-3-6-10-21)30(22-13-15-23(32)16-14-22)34(29)18-17-25(35)19-26(36)37/h3-16,20,25,35H,17-19H2,1-2H3,(H,33,38)(H,36,37). The summed E-state index contributed by atoms with van der Waals surface area (Å²) in [5.41, 5.74) is 4.82. The number of aromatic nitrogens is 1. The van der Waals surface area contributed by atoms with Gasteiger partial charge in [-0.3, -0.25) is 9.59 Å². The van der Waals surface area contributed by atoms with E-state index in [2.05, 4.69) is 5.32 Å². The van der Waals surface area contributed by atoms with E-state index in [0.717, 1.165) is 11.3 Å². The van der Waals surface area contributed by atoms with Gasteiger partial charge in [-0.25, -0.2) is 4.39 Å². The molecular weight excluding hydrogens is 483 g/mol. The highest BCUT2D eigenvalue weighted by molar-refractivity contribution is 6.12. The Morgan fingerprint density at radius 3 is 2.08 bits per heavy atom. The predicted molar refractivity (Wildman–Crippen MR) is 147 cm³/mol. The molecule has 1 amide bonds. The number of para-hydroxylation sites is 1. The Labute approximate surface area is 221 Å². The maximum atomic E-state index is 14.0. The molecule has 3 aromatic carbocycles. The molecule has 7 heteroatoms. The monoisotopic (exact) mass is 514 g/mol. The number of aliphatic hydroxyl groups is 1. The van der Waals surface area contributed by atoms with Gasteiger partial charge in [0.05, 0.1) is 23.8 Å². The summed E-state index contributed by atoms with van der Waals surface area (Å²) >= 11 is 0. The summed E-state index contributed by atoms with van der Waals surface area (Å²) in [4.78, 5) is 25.1. The van der Waals surface area contributed by atoms with Gasteiger partial charge in [0, 0.05) is 23.5 Å². The molecule has 0 spiro atoms. The summed E-state index contributed by atoms with van der Waals surface area (Å²) < 4.78 is 15.9. The zero-order valence-electron chi connectivity index (χ0n) is 21.4. The number of benzene rings is 3. The van der Waals surface area contributed by atoms with E-state index in [4.69, 9.17) is 5.11 Å². The Kier molecular flexibility index (Phi) is 8.38. The van der Waals surface area contributed by atoms with Gasteiger partial charge < -0.3 is 20.1 Å². The zero-order chi connectivity index (χ0) is 27.2. The minimum atomic E-state index is -1.08. The van der Waals surface area contributed by atoms with Gasteiger partial charge in [-0.1, -0.05) is 62.4 Å². The Balaban J connectivity index is 1.98. The van der Waals surface area contributed by atoms with E-state index in [1.165, 1.54) is 12.1 Å². The summed E-state index contributed by atoms with van der Waals surface area (Å²) in [7, 11) is 0. The van der Waals surface area contributed by atoms with E-state index < -0.39 is 12.1 Å². The van der Waals surface area contributed by atoms with Crippen molar-refractivity contribution in [2.75, 3.05) is 5.32 Å². The van der Waals surface area contributed by atoms with E-state index in [1.54, 1.807) is 12.1 Å². The zero-order valence-corrected chi connectivity index (χ0v) is 21.4. The number of anilines is 1. The third kappa shape index (κ3) is 6.01. The average Bonchev–Trinajstić information content (AvgIpc) is 3.24. The van der Waals surface area contributed by atoms with Crippen LogP contribution >= 0.6 is 0 Å². The number of carboxylic acids is 1. The molecule has 1 aromatic heterocycles. The third-order valence-electron chi connectivity index (χ3n) is 6.39. The van der Waals surface area contributed by atoms with Crippen LogP contribution in [0.2, 0.25) is 0 Å². The van der Waals surface area contributed by atoms with E-state index in [0.29, 0.717) is 28.1 Å². The average molecular weight is 515 g/mol. The number of carboxylic acid groups (broad SMARTS) is 1. The van der Waals surface area contributed by atoms with Crippen LogP contribution in [0, 0.1) is 5.82 Å². The molecule has 4 rings (SSSR count). The highest BCUT2D eigenvalue weighted by Gasteiger charge is 2.30. The van der Waals surface area contributed by atoms with Gasteiger partial charge in [0.1, 0.15) is 5.82 Å². The number of amides is 1. The van der Waals surface area contributed by atoms with Crippen molar-refractivity contribution in [1.82, 2.24) is 4.57 Å². The van der Waals surface area contributed by atoms with Crippen LogP contribution in [0.5, 0.6) is 0 Å². The van der Waals surface area contributed by atoms with E-state index >= 15 is 0 Å². The molecule has 0 saturated heterocycles. The van der Waals surface area contributed by atoms with Crippen molar-refractivity contribution in [3.05, 3.63) is 102 Å². The summed E-state index contributed by atoms with van der Waals surface area (Å²) in [5, 5.41) is 22.5. The number of hydrogen-bond acceptors (Lipinski definition) is 3. The van der Waals surface area contributed by atoms with Crippen molar-refractivity contribution >= 4 is 17.6 Å². The van der Waals surface area contributed by atoms with E-state index in [-0.39, 0.29) is 37.0 Å². The summed E-state index contributed by atoms with van der Waals surface area (Å²) in [6.45, 7) is 4.25. The molecule has 38 heavy (non-hydrogen) atoms. The van der Waals surface area contributed by atoms with Crippen LogP contribution in [-0.4, -0.2) is 32.8 Å². The fraction of sp³-hybridized carbons (Fsp3) is 0.226. The lowest BCUT2D eigenvalue weighted by Gasteiger charge is -2.18. The quantitative estimate of drug-likeness (QED) is 0.223. The van der Waals surface area contributed by atoms with Crippen molar-refractivity contribution < 1.29 is 24.2 Å². The molecule has 3 N–H and O–H groups in total. The normalized spacial score (nSPS) is 11.9. The SMILES string of the molecule is CC(C)c1c(C(=O)Nc2ccccc2)c(-c2ccccc2)c(-c2ccc(F)cc2)n1CCC(O)CC(=O)O. The lowest BCUT2D eigenvalue weighted by Crippen LogP contribution is -2.19. The summed E-state index contributed by atoms with van der Waals surface area (Å²) in [6, 6.07) is 24.8. The second kappa shape index (κ2) is 11.9. The molecule has 6 nitrogen and oxygen atoms in total. The van der Waals surface area contributed by atoms with Gasteiger partial charge in [-0.05, 0) is 59.9 Å². The number of rotatable bonds is 10. The van der Waals surface area contributed by atoms with Crippen molar-refractivity contribution in [3.63, 3.8) is 0 Å². The number of hydrogen-bond donors (Lipinski definition) is 3. The van der Waals surface area contributed by atoms with Gasteiger partial charge >= 0.3 is 5.97 Å². The van der Waals surface area contributed by atoms with E-state index in [1.807, 2.05) is 79.1 Å². The number of nitrogens with zero attached hydrogens (tertiary/aromatic N) is 1. The fourth-order valence-electron chi connectivity index (χ4n) is 4.79. The smallest absolute Gasteiger partial charge is 0.305 e. The molecule has 196 valence electrons. The Hall–Kier alpha value is -4.23. The topological polar surface area (TPSA) is 91.6 Å². The van der Waals surface area contributed by atoms with Gasteiger partial charge in [0.25, 0.3) is 5.91 Å². The molecule has 0 aliphatic heterocycles. The largest absolute Gasteiger partial charge is 0.481 e. The van der Waals surface area contributed by atoms with Crippen LogP contribution in [-0.2, 0) is 11.3 Å². The summed E-state index contributed by atoms with van der Waals surface area (Å²) in [6.07, 6.45) is -1.27. The second-order valence-corrected chi connectivity index (χ2v) is 9.52. The van der Waals surface area contributed by atoms with Crippen LogP contribution in [0.3, 0.4) is 0 Å². The lowest BCUT2D eigenvalue weighted by atomic mass is 9.94. The molecular formula is C31H31FN2O4. The van der Waals surface area contributed by atoms with Crippen LogP contribution < -0.4 is 5.32 Å². The number of nitrogens with one attached hydrogen (secondary N) is 1. The maximum Gasteiger partial charge on any atom is 0.305 e. The van der Waals surface area contributed by atoms with Gasteiger partial charge in [0.15, 0.2) is 0 Å². The highest BCUT2D eigenvalue weighted by Crippen LogP contribution is 2.42. The fourth-order valence-corrected chi connectivity index (χ4v) is 4.79. The predicted octanol–water partition coefficient (Wildman–Crippen LogP) is 6.56. The number of aliphatic hydroxyl groups excluding tert-OH is 1. The first kappa shape index (κ1) is 26.8. The molecule has 0 aliphatic rings. The third-order valence-corrected chi connectivity index (χ3v) is 6.39. The molecule has 4 aromatic rings. The van der Waals surface area contributed by atoms with Gasteiger partial charge in [-0.15, -0.1) is 0 Å². The van der Waals surface area contributed by atoms with Crippen LogP contribution in [0.4, 0.5) is 10.1 Å². The van der Waals surface area contributed by atoms with Crippen LogP contribution in [0.25, 0.3) is 22.4 Å². The van der Waals surface area contributed by atoms with E-state index in [9.17, 15) is 19.1 Å². The number of carbonyl (C=O) groups is 2. The minimum absolute atomic E-state index is 0.0974. The molecule has 0 saturated carbocycles. The van der Waals surface area contributed by atoms with Crippen LogP contribution in [0.1, 0.15) is 48.7 Å². The van der Waals surface area contributed by atoms with Crippen molar-refractivity contribution in [2.24, 2.45) is 0 Å². The van der Waals surface area contributed by atoms with Crippen molar-refractivity contribution in [3.8, 4) is 22.4 Å². The Morgan fingerprint density at radius 2 is 1.50 bits per heavy atom. The number of halogens is 1. The first-order valence-electron chi connectivity index (χ1n) is 12.6. The molecule has 1 heterocycles. The Morgan fingerprint density at radius 1 is 0.895 bits per heavy atom. The molecule has 0 aliphatic carbocycles. The molecule has 0 radical (unpaired) electrons. The van der Waals surface area contributed by atoms with Crippen LogP contribution in [0.15, 0.2) is 84.9 Å². The summed E-state index contributed by atoms with van der Waals surface area (Å²) in [5.74, 6) is -1.84. The maximum absolute atomic E-state index is 14.0. The van der Waals surface area contributed by atoms with Crippen molar-refractivity contribution in [1.29, 1.82) is 0 Å². The lowest BCUT2D eigenvalue weighted by molar-refractivity contribution is -0.139. The number of carbonyl (C=O) groups excluding carboxylic acids is 1. The molecule has 1 unspecified atom stereocenters. The molecule has 0 bridgehead atoms. The number of aliphatic carboxylic acids is 1. The molecule has 0 fully saturated rings. The first-order chi connectivity index (χ1) is 18.3. The Bertz CT molecular complexity index is 1400. The van der Waals surface area contributed by atoms with Gasteiger partial charge in [-0.2, -0.15) is 0 Å². The second-order valence-electron chi connectivity index (χ2n) is 9.52. The first-order valence-corrected chi connectivity index (χ1v) is 12.6. The molecule has 1 atom stereocenters.